The van der Waals surface area contributed by atoms with Crippen LogP contribution in [0.4, 0.5) is 0 Å². The minimum absolute atomic E-state index is 0.302. The van der Waals surface area contributed by atoms with Crippen molar-refractivity contribution in [3.63, 3.8) is 0 Å². The molecule has 3 nitrogen and oxygen atoms in total. The number of methoxy groups -OCH3 is 1. The third kappa shape index (κ3) is 3.83. The maximum atomic E-state index is 6.10. The zero-order valence-corrected chi connectivity index (χ0v) is 15.0. The fourth-order valence-electron chi connectivity index (χ4n) is 2.75. The molecule has 0 spiro atoms. The lowest BCUT2D eigenvalue weighted by Crippen LogP contribution is -2.42. The van der Waals surface area contributed by atoms with Crippen LogP contribution in [0.15, 0.2) is 10.5 Å². The lowest BCUT2D eigenvalue weighted by molar-refractivity contribution is 0.0847. The van der Waals surface area contributed by atoms with E-state index in [1.807, 2.05) is 11.3 Å². The molecular formula is C15H25BrN2OS. The number of rotatable bonds is 8. The van der Waals surface area contributed by atoms with Gasteiger partial charge >= 0.3 is 0 Å². The predicted octanol–water partition coefficient (Wildman–Crippen LogP) is 3.57. The molecule has 2 rings (SSSR count). The van der Waals surface area contributed by atoms with E-state index in [0.717, 1.165) is 19.1 Å². The Morgan fingerprint density at radius 3 is 2.70 bits per heavy atom. The first-order chi connectivity index (χ1) is 9.58. The van der Waals surface area contributed by atoms with Crippen molar-refractivity contribution in [1.29, 1.82) is 0 Å². The fraction of sp³-hybridized carbons (Fsp3) is 0.733. The van der Waals surface area contributed by atoms with Crippen molar-refractivity contribution >= 4 is 27.3 Å². The minimum Gasteiger partial charge on any atom is -0.383 e. The Hall–Kier alpha value is 0.0600. The van der Waals surface area contributed by atoms with Crippen LogP contribution in [0.5, 0.6) is 0 Å². The molecule has 0 aliphatic heterocycles. The summed E-state index contributed by atoms with van der Waals surface area (Å²) in [5.74, 6) is 0.838. The molecular weight excluding hydrogens is 336 g/mol. The Morgan fingerprint density at radius 2 is 2.25 bits per heavy atom. The van der Waals surface area contributed by atoms with Gasteiger partial charge in [-0.3, -0.25) is 4.90 Å². The Kier molecular flexibility index (Phi) is 6.05. The van der Waals surface area contributed by atoms with Crippen LogP contribution >= 0.6 is 27.3 Å². The highest BCUT2D eigenvalue weighted by Gasteiger charge is 2.35. The summed E-state index contributed by atoms with van der Waals surface area (Å²) in [5, 5.41) is 0. The second-order valence-electron chi connectivity index (χ2n) is 5.61. The van der Waals surface area contributed by atoms with Gasteiger partial charge in [0.05, 0.1) is 12.6 Å². The van der Waals surface area contributed by atoms with Crippen LogP contribution in [0.25, 0.3) is 0 Å². The fourth-order valence-corrected chi connectivity index (χ4v) is 4.45. The molecule has 2 N–H and O–H groups in total. The Balaban J connectivity index is 2.18. The van der Waals surface area contributed by atoms with E-state index in [1.165, 1.54) is 27.1 Å². The number of nitrogens with zero attached hydrogens (tertiary/aromatic N) is 1. The summed E-state index contributed by atoms with van der Waals surface area (Å²) in [6.07, 6.45) is 2.71. The number of nitrogens with two attached hydrogens (primary N) is 1. The monoisotopic (exact) mass is 360 g/mol. The molecule has 1 saturated carbocycles. The first kappa shape index (κ1) is 16.4. The van der Waals surface area contributed by atoms with Gasteiger partial charge in [0.15, 0.2) is 0 Å². The molecule has 1 fully saturated rings. The lowest BCUT2D eigenvalue weighted by atomic mass is 10.1. The van der Waals surface area contributed by atoms with Gasteiger partial charge in [0.2, 0.25) is 0 Å². The lowest BCUT2D eigenvalue weighted by Gasteiger charge is -2.35. The van der Waals surface area contributed by atoms with Crippen molar-refractivity contribution < 1.29 is 4.74 Å². The van der Waals surface area contributed by atoms with Gasteiger partial charge in [-0.15, -0.1) is 11.3 Å². The highest BCUT2D eigenvalue weighted by atomic mass is 79.9. The maximum Gasteiger partial charge on any atom is 0.0590 e. The van der Waals surface area contributed by atoms with Crippen LogP contribution < -0.4 is 5.73 Å². The molecule has 1 aromatic rings. The van der Waals surface area contributed by atoms with Crippen molar-refractivity contribution in [2.75, 3.05) is 26.8 Å². The normalized spacial score (nSPS) is 18.5. The van der Waals surface area contributed by atoms with Crippen LogP contribution in [-0.2, 0) is 4.74 Å². The molecule has 20 heavy (non-hydrogen) atoms. The smallest absolute Gasteiger partial charge is 0.0590 e. The number of halogens is 1. The number of thiophene rings is 1. The second kappa shape index (κ2) is 7.36. The molecule has 0 radical (unpaired) electrons. The number of aryl methyl sites for hydroxylation is 1. The van der Waals surface area contributed by atoms with Crippen LogP contribution in [0, 0.1) is 12.8 Å². The molecule has 0 amide bonds. The zero-order valence-electron chi connectivity index (χ0n) is 12.6. The average molecular weight is 361 g/mol. The van der Waals surface area contributed by atoms with Crippen molar-refractivity contribution in [3.8, 4) is 0 Å². The second-order valence-corrected chi connectivity index (χ2v) is 7.76. The van der Waals surface area contributed by atoms with Gasteiger partial charge in [0.1, 0.15) is 0 Å². The van der Waals surface area contributed by atoms with Gasteiger partial charge < -0.3 is 10.5 Å². The summed E-state index contributed by atoms with van der Waals surface area (Å²) in [7, 11) is 1.77. The Labute approximate surface area is 134 Å². The molecule has 2 unspecified atom stereocenters. The van der Waals surface area contributed by atoms with Crippen molar-refractivity contribution in [2.45, 2.75) is 38.8 Å². The van der Waals surface area contributed by atoms with Gasteiger partial charge in [-0.25, -0.2) is 0 Å². The van der Waals surface area contributed by atoms with E-state index in [4.69, 9.17) is 10.5 Å². The van der Waals surface area contributed by atoms with E-state index < -0.39 is 0 Å². The zero-order chi connectivity index (χ0) is 14.7. The number of hydrogen-bond acceptors (Lipinski definition) is 4. The number of hydrogen-bond donors (Lipinski definition) is 1. The first-order valence-corrected chi connectivity index (χ1v) is 8.90. The molecule has 1 aromatic heterocycles. The third-order valence-corrected chi connectivity index (χ3v) is 6.45. The predicted molar refractivity (Wildman–Crippen MR) is 89.3 cm³/mol. The van der Waals surface area contributed by atoms with E-state index in [2.05, 4.69) is 40.7 Å². The van der Waals surface area contributed by atoms with Crippen molar-refractivity contribution in [1.82, 2.24) is 4.90 Å². The average Bonchev–Trinajstić information content (AvgIpc) is 3.21. The van der Waals surface area contributed by atoms with Crippen molar-refractivity contribution in [2.24, 2.45) is 11.7 Å². The molecule has 2 atom stereocenters. The quantitative estimate of drug-likeness (QED) is 0.769. The highest BCUT2D eigenvalue weighted by Crippen LogP contribution is 2.40. The van der Waals surface area contributed by atoms with Gasteiger partial charge in [0, 0.05) is 40.5 Å². The van der Waals surface area contributed by atoms with E-state index in [1.54, 1.807) is 7.11 Å². The summed E-state index contributed by atoms with van der Waals surface area (Å²) < 4.78 is 6.49. The van der Waals surface area contributed by atoms with Crippen LogP contribution in [0.3, 0.4) is 0 Å². The first-order valence-electron chi connectivity index (χ1n) is 7.29. The Bertz CT molecular complexity index is 414. The molecule has 1 aliphatic carbocycles. The summed E-state index contributed by atoms with van der Waals surface area (Å²) in [5.41, 5.74) is 6.10. The van der Waals surface area contributed by atoms with E-state index in [-0.39, 0.29) is 0 Å². The summed E-state index contributed by atoms with van der Waals surface area (Å²) in [6.45, 7) is 6.86. The largest absolute Gasteiger partial charge is 0.383 e. The molecule has 0 aromatic carbocycles. The van der Waals surface area contributed by atoms with Gasteiger partial charge in [-0.2, -0.15) is 0 Å². The van der Waals surface area contributed by atoms with E-state index in [0.29, 0.717) is 18.6 Å². The van der Waals surface area contributed by atoms with Crippen LogP contribution in [0.1, 0.15) is 35.6 Å². The summed E-state index contributed by atoms with van der Waals surface area (Å²) in [4.78, 5) is 5.23. The van der Waals surface area contributed by atoms with Crippen LogP contribution in [0.2, 0.25) is 0 Å². The van der Waals surface area contributed by atoms with E-state index >= 15 is 0 Å². The van der Waals surface area contributed by atoms with Gasteiger partial charge in [-0.05, 0) is 54.6 Å². The van der Waals surface area contributed by atoms with Gasteiger partial charge in [0.25, 0.3) is 0 Å². The highest BCUT2D eigenvalue weighted by molar-refractivity contribution is 9.10. The summed E-state index contributed by atoms with van der Waals surface area (Å²) in [6, 6.07) is 3.12. The standard InChI is InChI=1S/C15H25BrN2OS/c1-10(12-4-5-12)18(6-7-19-3)14(9-17)15-8-13(16)11(2)20-15/h8,10,12,14H,4-7,9,17H2,1-3H3. The minimum atomic E-state index is 0.302. The topological polar surface area (TPSA) is 38.5 Å². The molecule has 5 heteroatoms. The molecule has 1 heterocycles. The third-order valence-electron chi connectivity index (χ3n) is 4.21. The Morgan fingerprint density at radius 1 is 1.55 bits per heavy atom. The van der Waals surface area contributed by atoms with Crippen LogP contribution in [-0.4, -0.2) is 37.7 Å². The molecule has 114 valence electrons. The van der Waals surface area contributed by atoms with Crippen molar-refractivity contribution in [3.05, 3.63) is 20.3 Å². The molecule has 0 bridgehead atoms. The van der Waals surface area contributed by atoms with Gasteiger partial charge in [-0.1, -0.05) is 0 Å². The molecule has 1 aliphatic rings. The van der Waals surface area contributed by atoms with E-state index in [9.17, 15) is 0 Å². The number of ether oxygens (including phenoxy) is 1. The summed E-state index contributed by atoms with van der Waals surface area (Å²) >= 11 is 5.47. The SMILES string of the molecule is COCCN(C(CN)c1cc(Br)c(C)s1)C(C)C1CC1. The maximum absolute atomic E-state index is 6.10. The molecule has 0 saturated heterocycles.